The molecule has 2 aromatic rings. The van der Waals surface area contributed by atoms with Crippen LogP contribution in [0.4, 0.5) is 24.5 Å². The third-order valence-corrected chi connectivity index (χ3v) is 5.64. The molecule has 1 aliphatic rings. The van der Waals surface area contributed by atoms with Gasteiger partial charge in [0.05, 0.1) is 11.4 Å². The van der Waals surface area contributed by atoms with Crippen molar-refractivity contribution in [3.63, 3.8) is 0 Å². The van der Waals surface area contributed by atoms with Gasteiger partial charge in [-0.1, -0.05) is 0 Å². The summed E-state index contributed by atoms with van der Waals surface area (Å²) in [5.74, 6) is -0.446. The number of halogens is 3. The van der Waals surface area contributed by atoms with Crippen molar-refractivity contribution in [1.82, 2.24) is 9.78 Å². The highest BCUT2D eigenvalue weighted by atomic mass is 32.2. The summed E-state index contributed by atoms with van der Waals surface area (Å²) in [5, 5.41) is 5.83. The predicted octanol–water partition coefficient (Wildman–Crippen LogP) is 2.08. The van der Waals surface area contributed by atoms with E-state index in [2.05, 4.69) is 10.4 Å². The van der Waals surface area contributed by atoms with Crippen molar-refractivity contribution in [3.8, 4) is 0 Å². The summed E-state index contributed by atoms with van der Waals surface area (Å²) in [5.41, 5.74) is -0.164. The van der Waals surface area contributed by atoms with Crippen LogP contribution in [0.3, 0.4) is 0 Å². The molecular weight excluding hydrogens is 373 g/mol. The zero-order valence-corrected chi connectivity index (χ0v) is 14.2. The summed E-state index contributed by atoms with van der Waals surface area (Å²) in [6, 6.07) is 6.98. The van der Waals surface area contributed by atoms with Crippen LogP contribution in [0, 0.1) is 0 Å². The molecule has 1 amide bonds. The minimum Gasteiger partial charge on any atom is -0.324 e. The number of carbonyl (C=O) groups is 1. The molecule has 1 aromatic carbocycles. The standard InChI is InChI=1S/C15H15F3N4O3S/c16-15(17,18)13-6-8-21(20-13)10-14(23)19-11-2-4-12(5-3-11)22-7-1-9-26(22,24)25/h2-6,8H,1,7,9-10H2,(H,19,23). The summed E-state index contributed by atoms with van der Waals surface area (Å²) >= 11 is 0. The molecule has 3 rings (SSSR count). The van der Waals surface area contributed by atoms with Crippen molar-refractivity contribution >= 4 is 27.3 Å². The number of amides is 1. The first kappa shape index (κ1) is 18.2. The lowest BCUT2D eigenvalue weighted by atomic mass is 10.2. The molecule has 11 heteroatoms. The van der Waals surface area contributed by atoms with Gasteiger partial charge in [-0.3, -0.25) is 13.8 Å². The fourth-order valence-corrected chi connectivity index (χ4v) is 4.15. The van der Waals surface area contributed by atoms with Crippen molar-refractivity contribution in [1.29, 1.82) is 0 Å². The predicted molar refractivity (Wildman–Crippen MR) is 88.1 cm³/mol. The molecule has 2 heterocycles. The quantitative estimate of drug-likeness (QED) is 0.869. The van der Waals surface area contributed by atoms with E-state index >= 15 is 0 Å². The number of hydrogen-bond donors (Lipinski definition) is 1. The van der Waals surface area contributed by atoms with Crippen LogP contribution in [0.25, 0.3) is 0 Å². The molecule has 1 aromatic heterocycles. The molecule has 26 heavy (non-hydrogen) atoms. The van der Waals surface area contributed by atoms with Gasteiger partial charge < -0.3 is 5.32 Å². The number of aromatic nitrogens is 2. The highest BCUT2D eigenvalue weighted by Gasteiger charge is 2.33. The maximum Gasteiger partial charge on any atom is 0.435 e. The Kier molecular flexibility index (Phi) is 4.65. The van der Waals surface area contributed by atoms with Gasteiger partial charge in [-0.25, -0.2) is 8.42 Å². The third-order valence-electron chi connectivity index (χ3n) is 3.78. The van der Waals surface area contributed by atoms with E-state index in [1.54, 1.807) is 12.1 Å². The van der Waals surface area contributed by atoms with E-state index in [0.717, 1.165) is 16.9 Å². The zero-order chi connectivity index (χ0) is 18.9. The Labute approximate surface area is 147 Å². The van der Waals surface area contributed by atoms with Gasteiger partial charge in [0.1, 0.15) is 6.54 Å². The van der Waals surface area contributed by atoms with Crippen LogP contribution in [-0.2, 0) is 27.5 Å². The lowest BCUT2D eigenvalue weighted by Gasteiger charge is -2.17. The van der Waals surface area contributed by atoms with Crippen LogP contribution < -0.4 is 9.62 Å². The number of rotatable bonds is 4. The van der Waals surface area contributed by atoms with Gasteiger partial charge >= 0.3 is 6.18 Å². The largest absolute Gasteiger partial charge is 0.435 e. The topological polar surface area (TPSA) is 84.3 Å². The Hall–Kier alpha value is -2.56. The van der Waals surface area contributed by atoms with E-state index < -0.39 is 27.8 Å². The third kappa shape index (κ3) is 3.98. The summed E-state index contributed by atoms with van der Waals surface area (Å²) < 4.78 is 63.4. The van der Waals surface area contributed by atoms with Crippen molar-refractivity contribution in [2.75, 3.05) is 21.9 Å². The van der Waals surface area contributed by atoms with Crippen LogP contribution in [0.5, 0.6) is 0 Å². The van der Waals surface area contributed by atoms with Gasteiger partial charge in [-0.2, -0.15) is 18.3 Å². The lowest BCUT2D eigenvalue weighted by Crippen LogP contribution is -2.25. The second-order valence-electron chi connectivity index (χ2n) is 5.73. The number of alkyl halides is 3. The van der Waals surface area contributed by atoms with E-state index in [1.807, 2.05) is 0 Å². The van der Waals surface area contributed by atoms with Gasteiger partial charge in [0.15, 0.2) is 5.69 Å². The molecule has 0 unspecified atom stereocenters. The SMILES string of the molecule is O=C(Cn1ccc(C(F)(F)F)n1)Nc1ccc(N2CCCS2(=O)=O)cc1. The Balaban J connectivity index is 1.62. The monoisotopic (exact) mass is 388 g/mol. The summed E-state index contributed by atoms with van der Waals surface area (Å²) in [6.07, 6.45) is -2.93. The maximum absolute atomic E-state index is 12.5. The molecule has 0 saturated carbocycles. The van der Waals surface area contributed by atoms with Gasteiger partial charge in [0, 0.05) is 18.4 Å². The Morgan fingerprint density at radius 3 is 2.42 bits per heavy atom. The zero-order valence-electron chi connectivity index (χ0n) is 13.4. The molecular formula is C15H15F3N4O3S. The lowest BCUT2D eigenvalue weighted by molar-refractivity contribution is -0.141. The normalized spacial score (nSPS) is 16.7. The molecule has 1 N–H and O–H groups in total. The molecule has 0 atom stereocenters. The average molecular weight is 388 g/mol. The molecule has 1 saturated heterocycles. The van der Waals surface area contributed by atoms with Crippen LogP contribution in [0.15, 0.2) is 36.5 Å². The van der Waals surface area contributed by atoms with E-state index in [1.165, 1.54) is 16.4 Å². The van der Waals surface area contributed by atoms with Gasteiger partial charge in [-0.15, -0.1) is 0 Å². The Morgan fingerprint density at radius 2 is 1.88 bits per heavy atom. The van der Waals surface area contributed by atoms with E-state index in [9.17, 15) is 26.4 Å². The fraction of sp³-hybridized carbons (Fsp3) is 0.333. The summed E-state index contributed by atoms with van der Waals surface area (Å²) in [4.78, 5) is 11.9. The number of nitrogens with zero attached hydrogens (tertiary/aromatic N) is 3. The number of anilines is 2. The van der Waals surface area contributed by atoms with Gasteiger partial charge in [0.25, 0.3) is 0 Å². The van der Waals surface area contributed by atoms with Crippen molar-refractivity contribution in [3.05, 3.63) is 42.2 Å². The molecule has 1 fully saturated rings. The smallest absolute Gasteiger partial charge is 0.324 e. The molecule has 0 bridgehead atoms. The van der Waals surface area contributed by atoms with E-state index in [-0.39, 0.29) is 12.3 Å². The molecule has 0 spiro atoms. The minimum absolute atomic E-state index is 0.106. The number of benzene rings is 1. The Morgan fingerprint density at radius 1 is 1.19 bits per heavy atom. The first-order valence-corrected chi connectivity index (χ1v) is 9.27. The second kappa shape index (κ2) is 6.63. The van der Waals surface area contributed by atoms with Crippen molar-refractivity contribution in [2.24, 2.45) is 0 Å². The maximum atomic E-state index is 12.5. The number of hydrogen-bond acceptors (Lipinski definition) is 4. The van der Waals surface area contributed by atoms with Crippen LogP contribution in [0.1, 0.15) is 12.1 Å². The highest BCUT2D eigenvalue weighted by Crippen LogP contribution is 2.27. The van der Waals surface area contributed by atoms with E-state index in [0.29, 0.717) is 24.3 Å². The average Bonchev–Trinajstić information content (AvgIpc) is 3.14. The van der Waals surface area contributed by atoms with Crippen LogP contribution in [-0.4, -0.2) is 36.4 Å². The van der Waals surface area contributed by atoms with Gasteiger partial charge in [-0.05, 0) is 36.8 Å². The molecule has 7 nitrogen and oxygen atoms in total. The molecule has 1 aliphatic heterocycles. The second-order valence-corrected chi connectivity index (χ2v) is 7.75. The Bertz CT molecular complexity index is 907. The minimum atomic E-state index is -4.56. The summed E-state index contributed by atoms with van der Waals surface area (Å²) in [6.45, 7) is 0.0349. The molecule has 0 aliphatic carbocycles. The van der Waals surface area contributed by atoms with Crippen molar-refractivity contribution < 1.29 is 26.4 Å². The summed E-state index contributed by atoms with van der Waals surface area (Å²) in [7, 11) is -3.28. The number of carbonyl (C=O) groups excluding carboxylic acids is 1. The number of sulfonamides is 1. The van der Waals surface area contributed by atoms with Crippen LogP contribution >= 0.6 is 0 Å². The van der Waals surface area contributed by atoms with Crippen molar-refractivity contribution in [2.45, 2.75) is 19.1 Å². The highest BCUT2D eigenvalue weighted by molar-refractivity contribution is 7.93. The van der Waals surface area contributed by atoms with Gasteiger partial charge in [0.2, 0.25) is 15.9 Å². The number of nitrogens with one attached hydrogen (secondary N) is 1. The molecule has 140 valence electrons. The van der Waals surface area contributed by atoms with Crippen LogP contribution in [0.2, 0.25) is 0 Å². The first-order valence-electron chi connectivity index (χ1n) is 7.66. The first-order chi connectivity index (χ1) is 12.1. The molecule has 0 radical (unpaired) electrons. The fourth-order valence-electron chi connectivity index (χ4n) is 2.59. The van der Waals surface area contributed by atoms with E-state index in [4.69, 9.17) is 0 Å².